The molecule has 0 fully saturated rings. The Kier molecular flexibility index (Phi) is 7.85. The Morgan fingerprint density at radius 1 is 1.00 bits per heavy atom. The van der Waals surface area contributed by atoms with E-state index in [2.05, 4.69) is 10.3 Å². The zero-order chi connectivity index (χ0) is 17.5. The number of aromatic nitrogens is 1. The Morgan fingerprint density at radius 3 is 2.62 bits per heavy atom. The minimum Gasteiger partial charge on any atom is -0.488 e. The number of rotatable bonds is 7. The number of nitrogens with zero attached hydrogens (tertiary/aromatic N) is 1. The maximum absolute atomic E-state index is 13.7. The van der Waals surface area contributed by atoms with Crippen LogP contribution in [0.2, 0.25) is 5.02 Å². The monoisotopic (exact) mass is 392 g/mol. The fourth-order valence-electron chi connectivity index (χ4n) is 2.44. The molecule has 3 aromatic rings. The molecule has 0 aliphatic carbocycles. The lowest BCUT2D eigenvalue weighted by Gasteiger charge is -2.13. The van der Waals surface area contributed by atoms with Gasteiger partial charge in [0.2, 0.25) is 0 Å². The van der Waals surface area contributed by atoms with Crippen LogP contribution in [-0.2, 0) is 19.7 Å². The van der Waals surface area contributed by atoms with Gasteiger partial charge in [-0.2, -0.15) is 0 Å². The van der Waals surface area contributed by atoms with Gasteiger partial charge < -0.3 is 10.1 Å². The average Bonchev–Trinajstić information content (AvgIpc) is 2.63. The summed E-state index contributed by atoms with van der Waals surface area (Å²) < 4.78 is 19.5. The third-order valence-electron chi connectivity index (χ3n) is 3.73. The van der Waals surface area contributed by atoms with Gasteiger partial charge in [-0.3, -0.25) is 4.98 Å². The molecule has 0 saturated carbocycles. The minimum atomic E-state index is -0.271. The molecule has 6 heteroatoms. The maximum atomic E-state index is 13.7. The van der Waals surface area contributed by atoms with Gasteiger partial charge in [0.15, 0.2) is 0 Å². The summed E-state index contributed by atoms with van der Waals surface area (Å²) in [4.78, 5) is 4.09. The highest BCUT2D eigenvalue weighted by molar-refractivity contribution is 6.30. The van der Waals surface area contributed by atoms with Crippen molar-refractivity contribution in [2.45, 2.75) is 19.7 Å². The standard InChI is InChI=1S/C20H18ClFN2O.ClH/c21-18-7-8-20(25-14-16-5-1-2-6-19(16)22)17(10-18)13-24-12-15-4-3-9-23-11-15;/h1-11,24H,12-14H2;1H. The molecule has 0 atom stereocenters. The summed E-state index contributed by atoms with van der Waals surface area (Å²) in [5.41, 5.74) is 2.54. The van der Waals surface area contributed by atoms with Crippen LogP contribution in [0.1, 0.15) is 16.7 Å². The summed E-state index contributed by atoms with van der Waals surface area (Å²) in [6.45, 7) is 1.44. The summed E-state index contributed by atoms with van der Waals surface area (Å²) in [6.07, 6.45) is 3.57. The summed E-state index contributed by atoms with van der Waals surface area (Å²) in [7, 11) is 0. The van der Waals surface area contributed by atoms with E-state index in [4.69, 9.17) is 16.3 Å². The van der Waals surface area contributed by atoms with Crippen LogP contribution in [-0.4, -0.2) is 4.98 Å². The van der Waals surface area contributed by atoms with E-state index in [0.717, 1.165) is 11.1 Å². The summed E-state index contributed by atoms with van der Waals surface area (Å²) in [5.74, 6) is 0.416. The molecule has 136 valence electrons. The zero-order valence-corrected chi connectivity index (χ0v) is 15.6. The average molecular weight is 393 g/mol. The summed E-state index contributed by atoms with van der Waals surface area (Å²) in [5, 5.41) is 3.98. The van der Waals surface area contributed by atoms with E-state index in [1.54, 1.807) is 30.5 Å². The second kappa shape index (κ2) is 10.1. The molecule has 0 aliphatic heterocycles. The highest BCUT2D eigenvalue weighted by Crippen LogP contribution is 2.24. The molecule has 0 aliphatic rings. The fraction of sp³-hybridized carbons (Fsp3) is 0.150. The van der Waals surface area contributed by atoms with E-state index in [-0.39, 0.29) is 24.8 Å². The van der Waals surface area contributed by atoms with Crippen molar-refractivity contribution < 1.29 is 9.13 Å². The van der Waals surface area contributed by atoms with Crippen molar-refractivity contribution in [3.8, 4) is 5.75 Å². The van der Waals surface area contributed by atoms with Crippen LogP contribution in [0, 0.1) is 5.82 Å². The fourth-order valence-corrected chi connectivity index (χ4v) is 2.64. The molecule has 1 aromatic heterocycles. The van der Waals surface area contributed by atoms with Crippen molar-refractivity contribution >= 4 is 24.0 Å². The van der Waals surface area contributed by atoms with Crippen LogP contribution in [0.25, 0.3) is 0 Å². The number of hydrogen-bond acceptors (Lipinski definition) is 3. The molecule has 0 bridgehead atoms. The highest BCUT2D eigenvalue weighted by Gasteiger charge is 2.07. The molecule has 0 saturated heterocycles. The second-order valence-electron chi connectivity index (χ2n) is 5.60. The van der Waals surface area contributed by atoms with Gasteiger partial charge in [0.1, 0.15) is 18.2 Å². The van der Waals surface area contributed by atoms with E-state index >= 15 is 0 Å². The quantitative estimate of drug-likeness (QED) is 0.602. The SMILES string of the molecule is Cl.Fc1ccccc1COc1ccc(Cl)cc1CNCc1cccnc1. The number of pyridine rings is 1. The predicted molar refractivity (Wildman–Crippen MR) is 104 cm³/mol. The Morgan fingerprint density at radius 2 is 1.85 bits per heavy atom. The van der Waals surface area contributed by atoms with Crippen LogP contribution in [0.5, 0.6) is 5.75 Å². The topological polar surface area (TPSA) is 34.1 Å². The molecular formula is C20H19Cl2FN2O. The van der Waals surface area contributed by atoms with E-state index in [1.165, 1.54) is 6.07 Å². The van der Waals surface area contributed by atoms with Gasteiger partial charge in [-0.05, 0) is 35.9 Å². The maximum Gasteiger partial charge on any atom is 0.129 e. The van der Waals surface area contributed by atoms with Crippen LogP contribution in [0.15, 0.2) is 67.0 Å². The molecule has 2 aromatic carbocycles. The van der Waals surface area contributed by atoms with Crippen molar-refractivity contribution in [2.75, 3.05) is 0 Å². The van der Waals surface area contributed by atoms with E-state index < -0.39 is 0 Å². The van der Waals surface area contributed by atoms with E-state index in [0.29, 0.717) is 29.4 Å². The number of ether oxygens (including phenoxy) is 1. The van der Waals surface area contributed by atoms with Gasteiger partial charge in [-0.15, -0.1) is 12.4 Å². The van der Waals surface area contributed by atoms with Gasteiger partial charge in [0, 0.05) is 41.6 Å². The van der Waals surface area contributed by atoms with Gasteiger partial charge in [0.25, 0.3) is 0 Å². The lowest BCUT2D eigenvalue weighted by molar-refractivity contribution is 0.296. The zero-order valence-electron chi connectivity index (χ0n) is 14.0. The molecule has 0 amide bonds. The number of benzene rings is 2. The number of halogens is 3. The molecule has 0 spiro atoms. The molecule has 0 unspecified atom stereocenters. The second-order valence-corrected chi connectivity index (χ2v) is 6.03. The van der Waals surface area contributed by atoms with Crippen molar-refractivity contribution in [2.24, 2.45) is 0 Å². The Hall–Kier alpha value is -2.14. The van der Waals surface area contributed by atoms with Crippen molar-refractivity contribution in [3.05, 3.63) is 94.5 Å². The van der Waals surface area contributed by atoms with Crippen LogP contribution < -0.4 is 10.1 Å². The van der Waals surface area contributed by atoms with Crippen molar-refractivity contribution in [1.29, 1.82) is 0 Å². The molecule has 1 N–H and O–H groups in total. The first-order valence-corrected chi connectivity index (χ1v) is 8.34. The van der Waals surface area contributed by atoms with Gasteiger partial charge in [-0.25, -0.2) is 4.39 Å². The van der Waals surface area contributed by atoms with Gasteiger partial charge in [0.05, 0.1) is 0 Å². The van der Waals surface area contributed by atoms with Crippen molar-refractivity contribution in [1.82, 2.24) is 10.3 Å². The third kappa shape index (κ3) is 5.70. The minimum absolute atomic E-state index is 0. The molecule has 1 heterocycles. The first kappa shape index (κ1) is 20.2. The van der Waals surface area contributed by atoms with Crippen molar-refractivity contribution in [3.63, 3.8) is 0 Å². The smallest absolute Gasteiger partial charge is 0.129 e. The molecule has 0 radical (unpaired) electrons. The van der Waals surface area contributed by atoms with E-state index in [9.17, 15) is 4.39 Å². The molecule has 3 nitrogen and oxygen atoms in total. The lowest BCUT2D eigenvalue weighted by Crippen LogP contribution is -2.14. The normalized spacial score (nSPS) is 10.2. The van der Waals surface area contributed by atoms with Crippen LogP contribution >= 0.6 is 24.0 Å². The van der Waals surface area contributed by atoms with Crippen LogP contribution in [0.3, 0.4) is 0 Å². The first-order chi connectivity index (χ1) is 12.2. The summed E-state index contributed by atoms with van der Waals surface area (Å²) in [6, 6.07) is 15.9. The number of hydrogen-bond donors (Lipinski definition) is 1. The molecule has 26 heavy (non-hydrogen) atoms. The predicted octanol–water partition coefficient (Wildman–Crippen LogP) is 5.16. The summed E-state index contributed by atoms with van der Waals surface area (Å²) >= 11 is 6.10. The first-order valence-electron chi connectivity index (χ1n) is 7.96. The van der Waals surface area contributed by atoms with Gasteiger partial charge in [-0.1, -0.05) is 35.9 Å². The Bertz CT molecular complexity index is 831. The lowest BCUT2D eigenvalue weighted by atomic mass is 10.2. The Labute approximate surface area is 163 Å². The number of nitrogens with one attached hydrogen (secondary N) is 1. The Balaban J connectivity index is 0.00000243. The highest BCUT2D eigenvalue weighted by atomic mass is 35.5. The molecular weight excluding hydrogens is 374 g/mol. The largest absolute Gasteiger partial charge is 0.488 e. The third-order valence-corrected chi connectivity index (χ3v) is 3.97. The van der Waals surface area contributed by atoms with Gasteiger partial charge >= 0.3 is 0 Å². The van der Waals surface area contributed by atoms with Crippen LogP contribution in [0.4, 0.5) is 4.39 Å². The molecule has 3 rings (SSSR count). The van der Waals surface area contributed by atoms with E-state index in [1.807, 2.05) is 30.5 Å².